The molecule has 3 heterocycles. The summed E-state index contributed by atoms with van der Waals surface area (Å²) >= 11 is 0. The van der Waals surface area contributed by atoms with Crippen molar-refractivity contribution in [2.75, 3.05) is 45.7 Å². The zero-order chi connectivity index (χ0) is 21.1. The number of rotatable bonds is 5. The Balaban J connectivity index is 1.46. The van der Waals surface area contributed by atoms with Gasteiger partial charge in [0.05, 0.1) is 12.2 Å². The smallest absolute Gasteiger partial charge is 0.260 e. The van der Waals surface area contributed by atoms with Crippen LogP contribution in [0.1, 0.15) is 35.8 Å². The molecule has 8 heteroatoms. The molecule has 160 valence electrons. The highest BCUT2D eigenvalue weighted by atomic mass is 19.1. The summed E-state index contributed by atoms with van der Waals surface area (Å²) in [5, 5.41) is 3.22. The Hall–Kier alpha value is -2.74. The first-order valence-electron chi connectivity index (χ1n) is 10.5. The maximum absolute atomic E-state index is 13.0. The van der Waals surface area contributed by atoms with Gasteiger partial charge in [0, 0.05) is 31.6 Å². The SMILES string of the molecule is CNc1nc(C2CCCN(C)C2)nc2c1CCN(C(=O)COc1ccc(F)cc1)C2. The molecule has 30 heavy (non-hydrogen) atoms. The summed E-state index contributed by atoms with van der Waals surface area (Å²) in [4.78, 5) is 26.5. The molecule has 1 amide bonds. The summed E-state index contributed by atoms with van der Waals surface area (Å²) in [7, 11) is 4.01. The molecule has 1 N–H and O–H groups in total. The molecule has 7 nitrogen and oxygen atoms in total. The first kappa shape index (κ1) is 20.5. The van der Waals surface area contributed by atoms with Crippen molar-refractivity contribution in [3.8, 4) is 5.75 Å². The van der Waals surface area contributed by atoms with Crippen LogP contribution >= 0.6 is 0 Å². The average Bonchev–Trinajstić information content (AvgIpc) is 2.77. The van der Waals surface area contributed by atoms with E-state index >= 15 is 0 Å². The second kappa shape index (κ2) is 8.95. The van der Waals surface area contributed by atoms with Gasteiger partial charge in [-0.2, -0.15) is 0 Å². The summed E-state index contributed by atoms with van der Waals surface area (Å²) in [5.41, 5.74) is 2.01. The molecule has 0 radical (unpaired) electrons. The Labute approximate surface area is 176 Å². The summed E-state index contributed by atoms with van der Waals surface area (Å²) in [6, 6.07) is 5.68. The number of fused-ring (bicyclic) bond motifs is 1. The van der Waals surface area contributed by atoms with E-state index in [0.29, 0.717) is 31.2 Å². The number of benzene rings is 1. The fourth-order valence-corrected chi connectivity index (χ4v) is 4.20. The molecule has 2 aliphatic heterocycles. The molecule has 1 saturated heterocycles. The number of aromatic nitrogens is 2. The van der Waals surface area contributed by atoms with Crippen molar-refractivity contribution in [1.29, 1.82) is 0 Å². The van der Waals surface area contributed by atoms with Crippen molar-refractivity contribution in [3.05, 3.63) is 47.2 Å². The third-order valence-corrected chi connectivity index (χ3v) is 5.84. The van der Waals surface area contributed by atoms with E-state index in [4.69, 9.17) is 14.7 Å². The van der Waals surface area contributed by atoms with Gasteiger partial charge in [-0.25, -0.2) is 14.4 Å². The van der Waals surface area contributed by atoms with E-state index in [1.807, 2.05) is 7.05 Å². The number of halogens is 1. The van der Waals surface area contributed by atoms with Crippen LogP contribution in [0.2, 0.25) is 0 Å². The number of likely N-dealkylation sites (tertiary alicyclic amines) is 1. The number of nitrogens with one attached hydrogen (secondary N) is 1. The highest BCUT2D eigenvalue weighted by Crippen LogP contribution is 2.29. The van der Waals surface area contributed by atoms with Crippen LogP contribution in [0.15, 0.2) is 24.3 Å². The maximum atomic E-state index is 13.0. The van der Waals surface area contributed by atoms with E-state index in [-0.39, 0.29) is 18.3 Å². The van der Waals surface area contributed by atoms with Gasteiger partial charge >= 0.3 is 0 Å². The van der Waals surface area contributed by atoms with Crippen LogP contribution in [0.4, 0.5) is 10.2 Å². The molecular weight excluding hydrogens is 385 g/mol. The fourth-order valence-electron chi connectivity index (χ4n) is 4.20. The minimum Gasteiger partial charge on any atom is -0.484 e. The maximum Gasteiger partial charge on any atom is 0.260 e. The van der Waals surface area contributed by atoms with Gasteiger partial charge in [-0.1, -0.05) is 0 Å². The molecule has 2 aliphatic rings. The summed E-state index contributed by atoms with van der Waals surface area (Å²) in [6.07, 6.45) is 2.93. The topological polar surface area (TPSA) is 70.6 Å². The number of anilines is 1. The number of ether oxygens (including phenoxy) is 1. The third-order valence-electron chi connectivity index (χ3n) is 5.84. The molecule has 1 aromatic carbocycles. The van der Waals surface area contributed by atoms with E-state index in [9.17, 15) is 9.18 Å². The van der Waals surface area contributed by atoms with Crippen molar-refractivity contribution in [3.63, 3.8) is 0 Å². The number of hydrogen-bond acceptors (Lipinski definition) is 6. The lowest BCUT2D eigenvalue weighted by atomic mass is 9.96. The number of likely N-dealkylation sites (N-methyl/N-ethyl adjacent to an activating group) is 1. The molecule has 0 aliphatic carbocycles. The van der Waals surface area contributed by atoms with E-state index in [0.717, 1.165) is 48.8 Å². The van der Waals surface area contributed by atoms with Gasteiger partial charge in [0.25, 0.3) is 5.91 Å². The van der Waals surface area contributed by atoms with Crippen LogP contribution in [-0.4, -0.2) is 66.0 Å². The van der Waals surface area contributed by atoms with Crippen LogP contribution in [0.5, 0.6) is 5.75 Å². The van der Waals surface area contributed by atoms with Crippen LogP contribution in [0, 0.1) is 5.82 Å². The molecule has 1 unspecified atom stereocenters. The number of carbonyl (C=O) groups excluding carboxylic acids is 1. The minimum absolute atomic E-state index is 0.0782. The molecule has 0 spiro atoms. The Kier molecular flexibility index (Phi) is 6.13. The number of hydrogen-bond donors (Lipinski definition) is 1. The van der Waals surface area contributed by atoms with Crippen molar-refractivity contribution in [2.45, 2.75) is 31.7 Å². The zero-order valence-corrected chi connectivity index (χ0v) is 17.5. The van der Waals surface area contributed by atoms with Crippen LogP contribution in [0.25, 0.3) is 0 Å². The minimum atomic E-state index is -0.332. The monoisotopic (exact) mass is 413 g/mol. The van der Waals surface area contributed by atoms with Gasteiger partial charge in [-0.3, -0.25) is 4.79 Å². The molecule has 1 fully saturated rings. The highest BCUT2D eigenvalue weighted by Gasteiger charge is 2.28. The number of amides is 1. The Morgan fingerprint density at radius 1 is 1.27 bits per heavy atom. The molecule has 2 aromatic rings. The van der Waals surface area contributed by atoms with E-state index in [2.05, 4.69) is 17.3 Å². The van der Waals surface area contributed by atoms with E-state index < -0.39 is 0 Å². The second-order valence-electron chi connectivity index (χ2n) is 8.01. The third kappa shape index (κ3) is 4.53. The zero-order valence-electron chi connectivity index (χ0n) is 17.5. The lowest BCUT2D eigenvalue weighted by molar-refractivity contribution is -0.134. The summed E-state index contributed by atoms with van der Waals surface area (Å²) < 4.78 is 18.5. The van der Waals surface area contributed by atoms with E-state index in [1.165, 1.54) is 24.3 Å². The quantitative estimate of drug-likeness (QED) is 0.812. The first-order valence-corrected chi connectivity index (χ1v) is 10.5. The van der Waals surface area contributed by atoms with Gasteiger partial charge in [0.15, 0.2) is 6.61 Å². The fraction of sp³-hybridized carbons (Fsp3) is 0.500. The Morgan fingerprint density at radius 3 is 2.80 bits per heavy atom. The molecule has 0 saturated carbocycles. The Morgan fingerprint density at radius 2 is 2.07 bits per heavy atom. The molecular formula is C22H28FN5O2. The predicted molar refractivity (Wildman–Crippen MR) is 112 cm³/mol. The summed E-state index contributed by atoms with van der Waals surface area (Å²) in [5.74, 6) is 2.09. The molecule has 0 bridgehead atoms. The van der Waals surface area contributed by atoms with Gasteiger partial charge < -0.3 is 19.9 Å². The van der Waals surface area contributed by atoms with Gasteiger partial charge in [-0.15, -0.1) is 0 Å². The normalized spacial score (nSPS) is 19.3. The number of nitrogens with zero attached hydrogens (tertiary/aromatic N) is 4. The Bertz CT molecular complexity index is 905. The van der Waals surface area contributed by atoms with E-state index in [1.54, 1.807) is 4.90 Å². The van der Waals surface area contributed by atoms with Crippen LogP contribution in [-0.2, 0) is 17.8 Å². The predicted octanol–water partition coefficient (Wildman–Crippen LogP) is 2.43. The van der Waals surface area contributed by atoms with Crippen molar-refractivity contribution < 1.29 is 13.9 Å². The first-order chi connectivity index (χ1) is 14.5. The van der Waals surface area contributed by atoms with Gasteiger partial charge in [0.2, 0.25) is 0 Å². The van der Waals surface area contributed by atoms with Crippen LogP contribution < -0.4 is 10.1 Å². The average molecular weight is 413 g/mol. The largest absolute Gasteiger partial charge is 0.484 e. The number of carbonyl (C=O) groups is 1. The molecule has 1 aromatic heterocycles. The summed E-state index contributed by atoms with van der Waals surface area (Å²) in [6.45, 7) is 3.04. The highest BCUT2D eigenvalue weighted by molar-refractivity contribution is 5.78. The van der Waals surface area contributed by atoms with Gasteiger partial charge in [0.1, 0.15) is 23.2 Å². The van der Waals surface area contributed by atoms with Gasteiger partial charge in [-0.05, 0) is 57.1 Å². The second-order valence-corrected chi connectivity index (χ2v) is 8.01. The lowest BCUT2D eigenvalue weighted by Crippen LogP contribution is -2.40. The van der Waals surface area contributed by atoms with Crippen molar-refractivity contribution in [1.82, 2.24) is 19.8 Å². The van der Waals surface area contributed by atoms with Crippen molar-refractivity contribution >= 4 is 11.7 Å². The lowest BCUT2D eigenvalue weighted by Gasteiger charge is -2.32. The standard InChI is InChI=1S/C22H28FN5O2/c1-24-22-18-9-11-28(20(29)14-30-17-7-5-16(23)6-8-17)13-19(18)25-21(26-22)15-4-3-10-27(2)12-15/h5-8,15H,3-4,9-14H2,1-2H3,(H,24,25,26). The van der Waals surface area contributed by atoms with Crippen LogP contribution in [0.3, 0.4) is 0 Å². The number of piperidine rings is 1. The van der Waals surface area contributed by atoms with Crippen molar-refractivity contribution in [2.24, 2.45) is 0 Å². The molecule has 4 rings (SSSR count). The molecule has 1 atom stereocenters.